The van der Waals surface area contributed by atoms with Gasteiger partial charge in [-0.1, -0.05) is 147 Å². The van der Waals surface area contributed by atoms with Gasteiger partial charge < -0.3 is 9.32 Å². The van der Waals surface area contributed by atoms with Crippen molar-refractivity contribution in [2.45, 2.75) is 19.3 Å². The third-order valence-electron chi connectivity index (χ3n) is 10.6. The zero-order valence-electron chi connectivity index (χ0n) is 27.4. The van der Waals surface area contributed by atoms with Gasteiger partial charge in [-0.25, -0.2) is 0 Å². The summed E-state index contributed by atoms with van der Waals surface area (Å²) in [4.78, 5) is 2.38. The van der Waals surface area contributed by atoms with Crippen molar-refractivity contribution in [3.63, 3.8) is 0 Å². The van der Waals surface area contributed by atoms with Gasteiger partial charge in [0.1, 0.15) is 5.58 Å². The highest BCUT2D eigenvalue weighted by Gasteiger charge is 2.36. The van der Waals surface area contributed by atoms with Gasteiger partial charge in [-0.05, 0) is 79.9 Å². The number of hydrogen-bond acceptors (Lipinski definition) is 2. The van der Waals surface area contributed by atoms with Crippen LogP contribution in [0, 0.1) is 0 Å². The second-order valence-electron chi connectivity index (χ2n) is 13.7. The first-order chi connectivity index (χ1) is 24.1. The topological polar surface area (TPSA) is 16.4 Å². The van der Waals surface area contributed by atoms with Crippen LogP contribution in [-0.2, 0) is 5.41 Å². The maximum atomic E-state index is 7.23. The SMILES string of the molecule is CC1(C)c2ccccc2-c2ccc(N(c3ccccc3)c3ccc(-c4ccccc4)c4c3oc3c5ccccc5c5ccccc5c34)cc21. The summed E-state index contributed by atoms with van der Waals surface area (Å²) in [6.07, 6.45) is 0. The smallest absolute Gasteiger partial charge is 0.160 e. The molecule has 0 saturated heterocycles. The number of nitrogens with zero attached hydrogens (tertiary/aromatic N) is 1. The van der Waals surface area contributed by atoms with Gasteiger partial charge in [0.05, 0.1) is 5.69 Å². The summed E-state index contributed by atoms with van der Waals surface area (Å²) in [5, 5.41) is 7.05. The molecule has 8 aromatic carbocycles. The fourth-order valence-corrected chi connectivity index (χ4v) is 8.36. The molecule has 232 valence electrons. The Bertz CT molecular complexity index is 2740. The van der Waals surface area contributed by atoms with Gasteiger partial charge in [0, 0.05) is 32.9 Å². The number of rotatable bonds is 4. The molecule has 49 heavy (non-hydrogen) atoms. The van der Waals surface area contributed by atoms with Gasteiger partial charge in [-0.15, -0.1) is 0 Å². The zero-order valence-corrected chi connectivity index (χ0v) is 27.4. The molecule has 0 saturated carbocycles. The van der Waals surface area contributed by atoms with Gasteiger partial charge >= 0.3 is 0 Å². The predicted octanol–water partition coefficient (Wildman–Crippen LogP) is 13.3. The third-order valence-corrected chi connectivity index (χ3v) is 10.6. The average molecular weight is 628 g/mol. The maximum Gasteiger partial charge on any atom is 0.160 e. The number of hydrogen-bond donors (Lipinski definition) is 0. The second kappa shape index (κ2) is 10.4. The van der Waals surface area contributed by atoms with Gasteiger partial charge in [-0.2, -0.15) is 0 Å². The van der Waals surface area contributed by atoms with E-state index in [-0.39, 0.29) is 5.41 Å². The highest BCUT2D eigenvalue weighted by atomic mass is 16.3. The van der Waals surface area contributed by atoms with E-state index in [1.54, 1.807) is 0 Å². The Balaban J connectivity index is 1.33. The molecule has 0 spiro atoms. The number of benzene rings is 8. The van der Waals surface area contributed by atoms with Gasteiger partial charge in [-0.3, -0.25) is 0 Å². The van der Waals surface area contributed by atoms with E-state index in [4.69, 9.17) is 4.42 Å². The zero-order chi connectivity index (χ0) is 32.7. The van der Waals surface area contributed by atoms with E-state index in [1.165, 1.54) is 44.0 Å². The first-order valence-electron chi connectivity index (χ1n) is 17.0. The summed E-state index contributed by atoms with van der Waals surface area (Å²) >= 11 is 0. The van der Waals surface area contributed by atoms with Crippen LogP contribution in [0.15, 0.2) is 168 Å². The lowest BCUT2D eigenvalue weighted by molar-refractivity contribution is 0.660. The van der Waals surface area contributed by atoms with Crippen molar-refractivity contribution in [1.29, 1.82) is 0 Å². The Hall–Kier alpha value is -6.12. The van der Waals surface area contributed by atoms with Crippen LogP contribution < -0.4 is 4.90 Å². The molecule has 0 aliphatic heterocycles. The average Bonchev–Trinajstić information content (AvgIpc) is 3.67. The van der Waals surface area contributed by atoms with Crippen molar-refractivity contribution in [2.24, 2.45) is 0 Å². The Morgan fingerprint density at radius 2 is 1.02 bits per heavy atom. The fourth-order valence-electron chi connectivity index (χ4n) is 8.36. The van der Waals surface area contributed by atoms with Crippen LogP contribution in [-0.4, -0.2) is 0 Å². The first-order valence-corrected chi connectivity index (χ1v) is 17.0. The molecule has 0 atom stereocenters. The molecule has 2 heteroatoms. The van der Waals surface area contributed by atoms with E-state index in [0.29, 0.717) is 0 Å². The molecular formula is C47H33NO. The van der Waals surface area contributed by atoms with E-state index in [9.17, 15) is 0 Å². The minimum atomic E-state index is -0.117. The monoisotopic (exact) mass is 627 g/mol. The van der Waals surface area contributed by atoms with Gasteiger partial charge in [0.2, 0.25) is 0 Å². The lowest BCUT2D eigenvalue weighted by atomic mass is 9.82. The minimum Gasteiger partial charge on any atom is -0.453 e. The van der Waals surface area contributed by atoms with Gasteiger partial charge in [0.15, 0.2) is 5.58 Å². The molecular weight excluding hydrogens is 595 g/mol. The molecule has 0 amide bonds. The number of fused-ring (bicyclic) bond motifs is 11. The highest BCUT2D eigenvalue weighted by molar-refractivity contribution is 6.33. The molecule has 0 N–H and O–H groups in total. The van der Waals surface area contributed by atoms with E-state index in [0.717, 1.165) is 50.0 Å². The summed E-state index contributed by atoms with van der Waals surface area (Å²) in [6.45, 7) is 4.69. The summed E-state index contributed by atoms with van der Waals surface area (Å²) in [5.74, 6) is 0. The van der Waals surface area contributed by atoms with Crippen LogP contribution in [0.1, 0.15) is 25.0 Å². The van der Waals surface area contributed by atoms with Crippen molar-refractivity contribution >= 4 is 60.5 Å². The number of furan rings is 1. The molecule has 1 aromatic heterocycles. The molecule has 0 fully saturated rings. The van der Waals surface area contributed by atoms with Gasteiger partial charge in [0.25, 0.3) is 0 Å². The summed E-state index contributed by atoms with van der Waals surface area (Å²) in [7, 11) is 0. The molecule has 2 nitrogen and oxygen atoms in total. The van der Waals surface area contributed by atoms with E-state index >= 15 is 0 Å². The third kappa shape index (κ3) is 4.01. The van der Waals surface area contributed by atoms with Crippen molar-refractivity contribution < 1.29 is 4.42 Å². The molecule has 0 unspecified atom stereocenters. The number of anilines is 3. The maximum absolute atomic E-state index is 7.23. The second-order valence-corrected chi connectivity index (χ2v) is 13.7. The van der Waals surface area contributed by atoms with Crippen molar-refractivity contribution in [3.8, 4) is 22.3 Å². The van der Waals surface area contributed by atoms with Crippen LogP contribution in [0.2, 0.25) is 0 Å². The molecule has 1 aliphatic carbocycles. The minimum absolute atomic E-state index is 0.117. The molecule has 9 aromatic rings. The molecule has 10 rings (SSSR count). The largest absolute Gasteiger partial charge is 0.453 e. The fraction of sp³-hybridized carbons (Fsp3) is 0.0638. The van der Waals surface area contributed by atoms with Crippen LogP contribution >= 0.6 is 0 Å². The van der Waals surface area contributed by atoms with Crippen LogP contribution in [0.5, 0.6) is 0 Å². The van der Waals surface area contributed by atoms with E-state index < -0.39 is 0 Å². The summed E-state index contributed by atoms with van der Waals surface area (Å²) in [6, 6.07) is 59.2. The molecule has 0 radical (unpaired) electrons. The lowest BCUT2D eigenvalue weighted by Crippen LogP contribution is -2.16. The van der Waals surface area contributed by atoms with Crippen molar-refractivity contribution in [2.75, 3.05) is 4.90 Å². The predicted molar refractivity (Wildman–Crippen MR) is 206 cm³/mol. The summed E-state index contributed by atoms with van der Waals surface area (Å²) in [5.41, 5.74) is 12.6. The van der Waals surface area contributed by atoms with Crippen LogP contribution in [0.3, 0.4) is 0 Å². The van der Waals surface area contributed by atoms with Crippen LogP contribution in [0.4, 0.5) is 17.1 Å². The van der Waals surface area contributed by atoms with E-state index in [2.05, 4.69) is 183 Å². The first kappa shape index (κ1) is 27.9. The molecule has 1 aliphatic rings. The van der Waals surface area contributed by atoms with Crippen LogP contribution in [0.25, 0.3) is 65.7 Å². The lowest BCUT2D eigenvalue weighted by Gasteiger charge is -2.28. The Morgan fingerprint density at radius 1 is 0.429 bits per heavy atom. The van der Waals surface area contributed by atoms with Crippen molar-refractivity contribution in [3.05, 3.63) is 175 Å². The molecule has 1 heterocycles. The highest BCUT2D eigenvalue weighted by Crippen LogP contribution is 2.53. The Kier molecular flexibility index (Phi) is 5.95. The normalized spacial score (nSPS) is 13.3. The molecule has 0 bridgehead atoms. The van der Waals surface area contributed by atoms with E-state index in [1.807, 2.05) is 0 Å². The number of para-hydroxylation sites is 1. The Labute approximate surface area is 285 Å². The quantitative estimate of drug-likeness (QED) is 0.181. The summed E-state index contributed by atoms with van der Waals surface area (Å²) < 4.78 is 7.23. The van der Waals surface area contributed by atoms with Crippen molar-refractivity contribution in [1.82, 2.24) is 0 Å². The standard InChI is InChI=1S/C47H33NO/c1-47(2)40-24-14-13-21-36(40)37-26-25-32(29-41(37)47)48(31-17-7-4-8-18-31)42-28-27-33(30-15-5-3-6-16-30)43-44-38-22-11-9-19-34(38)35-20-10-12-23-39(35)45(44)49-46(42)43/h3-29H,1-2H3. The Morgan fingerprint density at radius 3 is 1.80 bits per heavy atom.